The molecule has 0 aliphatic carbocycles. The van der Waals surface area contributed by atoms with E-state index in [4.69, 9.17) is 10.2 Å². The molecule has 4 nitrogen and oxygen atoms in total. The molecule has 0 radical (unpaired) electrons. The Kier molecular flexibility index (Phi) is 4.90. The number of nitrogens with two attached hydrogens (primary N) is 1. The van der Waals surface area contributed by atoms with E-state index in [0.717, 1.165) is 18.6 Å². The molecule has 0 saturated heterocycles. The summed E-state index contributed by atoms with van der Waals surface area (Å²) in [5, 5.41) is 3.23. The van der Waals surface area contributed by atoms with E-state index in [9.17, 15) is 4.79 Å². The summed E-state index contributed by atoms with van der Waals surface area (Å²) in [4.78, 5) is 10.5. The number of hydrogen-bond donors (Lipinski definition) is 2. The Balaban J connectivity index is 2.08. The molecule has 4 heteroatoms. The topological polar surface area (TPSA) is 68.3 Å². The number of primary amides is 1. The molecule has 0 aromatic carbocycles. The van der Waals surface area contributed by atoms with Gasteiger partial charge in [0.25, 0.3) is 0 Å². The summed E-state index contributed by atoms with van der Waals surface area (Å²) in [6.45, 7) is 2.73. The molecule has 1 amide bonds. The lowest BCUT2D eigenvalue weighted by atomic mass is 10.1. The number of aryl methyl sites for hydroxylation is 1. The molecule has 3 N–H and O–H groups in total. The van der Waals surface area contributed by atoms with Crippen LogP contribution in [-0.2, 0) is 11.2 Å². The van der Waals surface area contributed by atoms with Gasteiger partial charge in [0, 0.05) is 25.4 Å². The first-order chi connectivity index (χ1) is 7.18. The summed E-state index contributed by atoms with van der Waals surface area (Å²) in [5.41, 5.74) is 5.04. The molecule has 1 aromatic rings. The molecule has 1 rings (SSSR count). The number of hydrogen-bond acceptors (Lipinski definition) is 3. The third-order valence-corrected chi connectivity index (χ3v) is 2.27. The van der Waals surface area contributed by atoms with E-state index in [1.807, 2.05) is 12.1 Å². The van der Waals surface area contributed by atoms with Gasteiger partial charge in [-0.05, 0) is 25.5 Å². The highest BCUT2D eigenvalue weighted by Crippen LogP contribution is 2.05. The summed E-state index contributed by atoms with van der Waals surface area (Å²) >= 11 is 0. The van der Waals surface area contributed by atoms with Crippen molar-refractivity contribution in [1.29, 1.82) is 0 Å². The number of furan rings is 1. The smallest absolute Gasteiger partial charge is 0.218 e. The number of carbonyl (C=O) groups excluding carboxylic acids is 1. The van der Waals surface area contributed by atoms with Crippen molar-refractivity contribution in [2.24, 2.45) is 5.73 Å². The maximum absolute atomic E-state index is 10.5. The van der Waals surface area contributed by atoms with Crippen molar-refractivity contribution in [1.82, 2.24) is 5.32 Å². The van der Waals surface area contributed by atoms with Crippen LogP contribution in [0.3, 0.4) is 0 Å². The Bertz CT molecular complexity index is 283. The fourth-order valence-corrected chi connectivity index (χ4v) is 1.36. The molecule has 1 aromatic heterocycles. The quantitative estimate of drug-likeness (QED) is 0.707. The van der Waals surface area contributed by atoms with Crippen molar-refractivity contribution >= 4 is 5.91 Å². The van der Waals surface area contributed by atoms with Gasteiger partial charge < -0.3 is 15.5 Å². The van der Waals surface area contributed by atoms with Crippen LogP contribution >= 0.6 is 0 Å². The minimum absolute atomic E-state index is 0.263. The molecule has 0 fully saturated rings. The first kappa shape index (κ1) is 11.8. The van der Waals surface area contributed by atoms with E-state index in [2.05, 4.69) is 12.2 Å². The number of nitrogens with one attached hydrogen (secondary N) is 1. The summed E-state index contributed by atoms with van der Waals surface area (Å²) in [6, 6.07) is 4.23. The molecule has 1 atom stereocenters. The molecule has 1 unspecified atom stereocenters. The van der Waals surface area contributed by atoms with E-state index in [0.29, 0.717) is 19.0 Å². The second kappa shape index (κ2) is 6.24. The predicted molar refractivity (Wildman–Crippen MR) is 58.3 cm³/mol. The fraction of sp³-hybridized carbons (Fsp3) is 0.545. The Morgan fingerprint density at radius 2 is 2.47 bits per heavy atom. The molecule has 0 aliphatic heterocycles. The van der Waals surface area contributed by atoms with Crippen molar-refractivity contribution in [2.45, 2.75) is 32.2 Å². The van der Waals surface area contributed by atoms with Crippen LogP contribution in [0.1, 0.15) is 25.5 Å². The highest BCUT2D eigenvalue weighted by molar-refractivity contribution is 5.73. The first-order valence-electron chi connectivity index (χ1n) is 5.22. The standard InChI is InChI=1S/C11H18N2O2/c1-9(13-7-6-11(12)14)4-5-10-3-2-8-15-10/h2-3,8-9,13H,4-7H2,1H3,(H2,12,14). The van der Waals surface area contributed by atoms with Crippen molar-refractivity contribution in [3.8, 4) is 0 Å². The van der Waals surface area contributed by atoms with Crippen LogP contribution in [-0.4, -0.2) is 18.5 Å². The first-order valence-corrected chi connectivity index (χ1v) is 5.22. The zero-order valence-electron chi connectivity index (χ0n) is 9.03. The van der Waals surface area contributed by atoms with Crippen LogP contribution in [0.5, 0.6) is 0 Å². The minimum atomic E-state index is -0.263. The number of amides is 1. The maximum Gasteiger partial charge on any atom is 0.218 e. The van der Waals surface area contributed by atoms with Gasteiger partial charge in [0.2, 0.25) is 5.91 Å². The number of rotatable bonds is 7. The highest BCUT2D eigenvalue weighted by atomic mass is 16.3. The van der Waals surface area contributed by atoms with Gasteiger partial charge in [-0.3, -0.25) is 4.79 Å². The lowest BCUT2D eigenvalue weighted by Gasteiger charge is -2.11. The van der Waals surface area contributed by atoms with Crippen LogP contribution in [0.25, 0.3) is 0 Å². The molecule has 0 saturated carbocycles. The molecule has 84 valence electrons. The molecule has 0 spiro atoms. The van der Waals surface area contributed by atoms with Crippen molar-refractivity contribution in [3.63, 3.8) is 0 Å². The molecule has 15 heavy (non-hydrogen) atoms. The predicted octanol–water partition coefficient (Wildman–Crippen LogP) is 1.07. The minimum Gasteiger partial charge on any atom is -0.469 e. The normalized spacial score (nSPS) is 12.6. The van der Waals surface area contributed by atoms with E-state index in [1.54, 1.807) is 6.26 Å². The van der Waals surface area contributed by atoms with Crippen molar-refractivity contribution in [3.05, 3.63) is 24.2 Å². The van der Waals surface area contributed by atoms with Gasteiger partial charge in [-0.2, -0.15) is 0 Å². The van der Waals surface area contributed by atoms with Crippen molar-refractivity contribution in [2.75, 3.05) is 6.54 Å². The van der Waals surface area contributed by atoms with Gasteiger partial charge in [0.15, 0.2) is 0 Å². The SMILES string of the molecule is CC(CCc1ccco1)NCCC(N)=O. The monoisotopic (exact) mass is 210 g/mol. The third-order valence-electron chi connectivity index (χ3n) is 2.27. The lowest BCUT2D eigenvalue weighted by molar-refractivity contribution is -0.117. The van der Waals surface area contributed by atoms with Gasteiger partial charge in [-0.25, -0.2) is 0 Å². The molecule has 0 bridgehead atoms. The average molecular weight is 210 g/mol. The molecular formula is C11H18N2O2. The molecular weight excluding hydrogens is 192 g/mol. The second-order valence-electron chi connectivity index (χ2n) is 3.69. The summed E-state index contributed by atoms with van der Waals surface area (Å²) in [6.07, 6.45) is 3.98. The molecule has 1 heterocycles. The van der Waals surface area contributed by atoms with Gasteiger partial charge in [0.1, 0.15) is 5.76 Å². The summed E-state index contributed by atoms with van der Waals surface area (Å²) in [5.74, 6) is 0.735. The van der Waals surface area contributed by atoms with E-state index in [-0.39, 0.29) is 5.91 Å². The summed E-state index contributed by atoms with van der Waals surface area (Å²) < 4.78 is 5.22. The third kappa shape index (κ3) is 5.22. The Morgan fingerprint density at radius 1 is 1.67 bits per heavy atom. The fourth-order valence-electron chi connectivity index (χ4n) is 1.36. The second-order valence-corrected chi connectivity index (χ2v) is 3.69. The zero-order chi connectivity index (χ0) is 11.1. The largest absolute Gasteiger partial charge is 0.469 e. The maximum atomic E-state index is 10.5. The number of carbonyl (C=O) groups is 1. The van der Waals surface area contributed by atoms with Crippen LogP contribution in [0.2, 0.25) is 0 Å². The van der Waals surface area contributed by atoms with Gasteiger partial charge in [-0.15, -0.1) is 0 Å². The van der Waals surface area contributed by atoms with Crippen LogP contribution in [0.15, 0.2) is 22.8 Å². The average Bonchev–Trinajstić information content (AvgIpc) is 2.66. The van der Waals surface area contributed by atoms with E-state index in [1.165, 1.54) is 0 Å². The van der Waals surface area contributed by atoms with Gasteiger partial charge in [-0.1, -0.05) is 0 Å². The Hall–Kier alpha value is -1.29. The molecule has 0 aliphatic rings. The van der Waals surface area contributed by atoms with E-state index < -0.39 is 0 Å². The van der Waals surface area contributed by atoms with Crippen LogP contribution in [0.4, 0.5) is 0 Å². The van der Waals surface area contributed by atoms with Crippen LogP contribution < -0.4 is 11.1 Å². The lowest BCUT2D eigenvalue weighted by Crippen LogP contribution is -2.30. The van der Waals surface area contributed by atoms with Crippen molar-refractivity contribution < 1.29 is 9.21 Å². The van der Waals surface area contributed by atoms with Crippen LogP contribution in [0, 0.1) is 0 Å². The van der Waals surface area contributed by atoms with E-state index >= 15 is 0 Å². The Morgan fingerprint density at radius 3 is 3.07 bits per heavy atom. The zero-order valence-corrected chi connectivity index (χ0v) is 9.03. The van der Waals surface area contributed by atoms with Gasteiger partial charge in [0.05, 0.1) is 6.26 Å². The summed E-state index contributed by atoms with van der Waals surface area (Å²) in [7, 11) is 0. The Labute approximate surface area is 89.8 Å². The highest BCUT2D eigenvalue weighted by Gasteiger charge is 2.03. The van der Waals surface area contributed by atoms with Gasteiger partial charge >= 0.3 is 0 Å².